The zero-order valence-electron chi connectivity index (χ0n) is 10.7. The second kappa shape index (κ2) is 5.22. The van der Waals surface area contributed by atoms with Gasteiger partial charge in [-0.15, -0.1) is 0 Å². The van der Waals surface area contributed by atoms with Crippen LogP contribution >= 0.6 is 0 Å². The lowest BCUT2D eigenvalue weighted by molar-refractivity contribution is -0.116. The summed E-state index contributed by atoms with van der Waals surface area (Å²) in [6.45, 7) is 0. The Bertz CT molecular complexity index is 628. The number of carbonyl (C=O) groups is 1. The molecule has 0 bridgehead atoms. The summed E-state index contributed by atoms with van der Waals surface area (Å²) in [7, 11) is 0. The first-order valence-electron chi connectivity index (χ1n) is 6.62. The highest BCUT2D eigenvalue weighted by molar-refractivity contribution is 6.01. The van der Waals surface area contributed by atoms with Gasteiger partial charge in [-0.2, -0.15) is 0 Å². The molecular formula is C16H16N2O. The van der Waals surface area contributed by atoms with Crippen LogP contribution in [-0.4, -0.2) is 10.9 Å². The van der Waals surface area contributed by atoms with E-state index in [9.17, 15) is 4.79 Å². The number of nitrogens with one attached hydrogen (secondary N) is 1. The van der Waals surface area contributed by atoms with Crippen molar-refractivity contribution in [2.24, 2.45) is 5.92 Å². The summed E-state index contributed by atoms with van der Waals surface area (Å²) in [6, 6.07) is 7.94. The molecule has 1 aromatic heterocycles. The maximum absolute atomic E-state index is 12.0. The number of fused-ring (bicyclic) bond motifs is 1. The number of nitrogens with zero attached hydrogens (tertiary/aromatic N) is 1. The first kappa shape index (κ1) is 11.9. The van der Waals surface area contributed by atoms with Crippen molar-refractivity contribution in [3.05, 3.63) is 48.8 Å². The number of anilines is 1. The fourth-order valence-electron chi connectivity index (χ4n) is 2.52. The molecule has 1 aliphatic carbocycles. The summed E-state index contributed by atoms with van der Waals surface area (Å²) in [5.74, 6) is 0.456. The van der Waals surface area contributed by atoms with Crippen molar-refractivity contribution in [2.45, 2.75) is 19.3 Å². The van der Waals surface area contributed by atoms with Gasteiger partial charge in [-0.3, -0.25) is 9.78 Å². The molecule has 0 saturated heterocycles. The van der Waals surface area contributed by atoms with Crippen molar-refractivity contribution in [2.75, 3.05) is 5.32 Å². The smallest absolute Gasteiger partial charge is 0.225 e. The van der Waals surface area contributed by atoms with Crippen LogP contribution in [0.2, 0.25) is 0 Å². The Kier molecular flexibility index (Phi) is 3.27. The Balaban J connectivity index is 1.77. The standard InChI is InChI=1S/C16H16N2O/c19-16(9-12-5-1-2-6-12)18-15-11-17-10-13-7-3-4-8-14(13)15/h1,3-5,7-8,10-12H,2,6,9H2,(H,18,19). The monoisotopic (exact) mass is 252 g/mol. The molecule has 0 spiro atoms. The van der Waals surface area contributed by atoms with E-state index >= 15 is 0 Å². The molecule has 1 atom stereocenters. The zero-order chi connectivity index (χ0) is 13.1. The Morgan fingerprint density at radius 1 is 1.32 bits per heavy atom. The van der Waals surface area contributed by atoms with E-state index in [4.69, 9.17) is 0 Å². The molecule has 3 rings (SSSR count). The first-order chi connectivity index (χ1) is 9.33. The number of hydrogen-bond donors (Lipinski definition) is 1. The van der Waals surface area contributed by atoms with Gasteiger partial charge < -0.3 is 5.32 Å². The van der Waals surface area contributed by atoms with Crippen LogP contribution in [0.5, 0.6) is 0 Å². The minimum Gasteiger partial charge on any atom is -0.324 e. The van der Waals surface area contributed by atoms with Gasteiger partial charge in [0.1, 0.15) is 0 Å². The van der Waals surface area contributed by atoms with E-state index < -0.39 is 0 Å². The number of amides is 1. The number of carbonyl (C=O) groups excluding carboxylic acids is 1. The van der Waals surface area contributed by atoms with Crippen LogP contribution in [0, 0.1) is 5.92 Å². The van der Waals surface area contributed by atoms with Crippen LogP contribution < -0.4 is 5.32 Å². The number of aromatic nitrogens is 1. The average molecular weight is 252 g/mol. The van der Waals surface area contributed by atoms with Crippen LogP contribution in [-0.2, 0) is 4.79 Å². The molecule has 1 unspecified atom stereocenters. The van der Waals surface area contributed by atoms with Crippen molar-refractivity contribution >= 4 is 22.4 Å². The van der Waals surface area contributed by atoms with Crippen molar-refractivity contribution in [1.82, 2.24) is 4.98 Å². The number of allylic oxidation sites excluding steroid dienone is 2. The lowest BCUT2D eigenvalue weighted by Gasteiger charge is -2.10. The predicted molar refractivity (Wildman–Crippen MR) is 76.9 cm³/mol. The third kappa shape index (κ3) is 2.65. The van der Waals surface area contributed by atoms with Crippen molar-refractivity contribution in [3.8, 4) is 0 Å². The van der Waals surface area contributed by atoms with E-state index in [0.717, 1.165) is 29.3 Å². The first-order valence-corrected chi connectivity index (χ1v) is 6.62. The minimum absolute atomic E-state index is 0.0645. The van der Waals surface area contributed by atoms with Gasteiger partial charge in [-0.1, -0.05) is 36.4 Å². The normalized spacial score (nSPS) is 17.8. The molecule has 1 aliphatic rings. The summed E-state index contributed by atoms with van der Waals surface area (Å²) in [5, 5.41) is 5.05. The van der Waals surface area contributed by atoms with Crippen LogP contribution in [0.15, 0.2) is 48.8 Å². The molecule has 3 heteroatoms. The second-order valence-corrected chi connectivity index (χ2v) is 4.93. The number of rotatable bonds is 3. The van der Waals surface area contributed by atoms with E-state index in [1.807, 2.05) is 30.5 Å². The van der Waals surface area contributed by atoms with E-state index in [1.165, 1.54) is 0 Å². The topological polar surface area (TPSA) is 42.0 Å². The van der Waals surface area contributed by atoms with Gasteiger partial charge in [-0.25, -0.2) is 0 Å². The van der Waals surface area contributed by atoms with Gasteiger partial charge in [0.2, 0.25) is 5.91 Å². The summed E-state index contributed by atoms with van der Waals surface area (Å²) in [5.41, 5.74) is 0.796. The summed E-state index contributed by atoms with van der Waals surface area (Å²) in [6.07, 6.45) is 10.5. The predicted octanol–water partition coefficient (Wildman–Crippen LogP) is 3.53. The molecule has 2 aromatic rings. The molecule has 96 valence electrons. The number of pyridine rings is 1. The van der Waals surface area contributed by atoms with Gasteiger partial charge in [0.15, 0.2) is 0 Å². The zero-order valence-corrected chi connectivity index (χ0v) is 10.7. The Labute approximate surface area is 112 Å². The fraction of sp³-hybridized carbons (Fsp3) is 0.250. The third-order valence-electron chi connectivity index (χ3n) is 3.50. The highest BCUT2D eigenvalue weighted by atomic mass is 16.1. The van der Waals surface area contributed by atoms with Crippen molar-refractivity contribution in [1.29, 1.82) is 0 Å². The second-order valence-electron chi connectivity index (χ2n) is 4.93. The summed E-state index contributed by atoms with van der Waals surface area (Å²) < 4.78 is 0. The van der Waals surface area contributed by atoms with Crippen LogP contribution in [0.3, 0.4) is 0 Å². The van der Waals surface area contributed by atoms with E-state index in [1.54, 1.807) is 6.20 Å². The largest absolute Gasteiger partial charge is 0.324 e. The third-order valence-corrected chi connectivity index (χ3v) is 3.50. The summed E-state index contributed by atoms with van der Waals surface area (Å²) in [4.78, 5) is 16.2. The van der Waals surface area contributed by atoms with Gasteiger partial charge >= 0.3 is 0 Å². The van der Waals surface area contributed by atoms with Crippen LogP contribution in [0.25, 0.3) is 10.8 Å². The quantitative estimate of drug-likeness (QED) is 0.849. The molecule has 1 amide bonds. The van der Waals surface area contributed by atoms with E-state index in [-0.39, 0.29) is 5.91 Å². The highest BCUT2D eigenvalue weighted by Gasteiger charge is 2.14. The Morgan fingerprint density at radius 3 is 3.05 bits per heavy atom. The fourth-order valence-corrected chi connectivity index (χ4v) is 2.52. The molecule has 0 aliphatic heterocycles. The lowest BCUT2D eigenvalue weighted by atomic mass is 10.0. The Hall–Kier alpha value is -2.16. The minimum atomic E-state index is 0.0645. The lowest BCUT2D eigenvalue weighted by Crippen LogP contribution is -2.15. The molecule has 0 saturated carbocycles. The van der Waals surface area contributed by atoms with Gasteiger partial charge in [-0.05, 0) is 18.8 Å². The number of hydrogen-bond acceptors (Lipinski definition) is 2. The van der Waals surface area contributed by atoms with Gasteiger partial charge in [0, 0.05) is 23.4 Å². The maximum Gasteiger partial charge on any atom is 0.225 e. The molecular weight excluding hydrogens is 236 g/mol. The molecule has 3 nitrogen and oxygen atoms in total. The Morgan fingerprint density at radius 2 is 2.21 bits per heavy atom. The molecule has 1 N–H and O–H groups in total. The molecule has 1 heterocycles. The number of benzene rings is 1. The molecule has 1 aromatic carbocycles. The average Bonchev–Trinajstić information content (AvgIpc) is 2.92. The molecule has 0 radical (unpaired) electrons. The SMILES string of the molecule is O=C(CC1C=CCC1)Nc1cncc2ccccc12. The molecule has 19 heavy (non-hydrogen) atoms. The van der Waals surface area contributed by atoms with Crippen LogP contribution in [0.1, 0.15) is 19.3 Å². The molecule has 0 fully saturated rings. The van der Waals surface area contributed by atoms with E-state index in [0.29, 0.717) is 12.3 Å². The van der Waals surface area contributed by atoms with E-state index in [2.05, 4.69) is 22.5 Å². The highest BCUT2D eigenvalue weighted by Crippen LogP contribution is 2.24. The van der Waals surface area contributed by atoms with Gasteiger partial charge in [0.25, 0.3) is 0 Å². The summed E-state index contributed by atoms with van der Waals surface area (Å²) >= 11 is 0. The van der Waals surface area contributed by atoms with Gasteiger partial charge in [0.05, 0.1) is 11.9 Å². The van der Waals surface area contributed by atoms with Crippen LogP contribution in [0.4, 0.5) is 5.69 Å². The van der Waals surface area contributed by atoms with Crippen molar-refractivity contribution < 1.29 is 4.79 Å². The maximum atomic E-state index is 12.0. The van der Waals surface area contributed by atoms with Crippen molar-refractivity contribution in [3.63, 3.8) is 0 Å².